The van der Waals surface area contributed by atoms with Crippen molar-refractivity contribution in [2.75, 3.05) is 18.4 Å². The van der Waals surface area contributed by atoms with Crippen molar-refractivity contribution < 1.29 is 4.79 Å². The highest BCUT2D eigenvalue weighted by molar-refractivity contribution is 6.30. The summed E-state index contributed by atoms with van der Waals surface area (Å²) in [6.07, 6.45) is 8.46. The van der Waals surface area contributed by atoms with E-state index in [9.17, 15) is 4.79 Å². The van der Waals surface area contributed by atoms with Crippen LogP contribution < -0.4 is 5.32 Å². The topological polar surface area (TPSA) is 83.9 Å². The van der Waals surface area contributed by atoms with Gasteiger partial charge in [0.2, 0.25) is 5.95 Å². The Hall–Kier alpha value is -3.06. The zero-order valence-electron chi connectivity index (χ0n) is 15.1. The van der Waals surface area contributed by atoms with Crippen LogP contribution in [0.15, 0.2) is 55.1 Å². The molecule has 3 heterocycles. The molecule has 1 amide bonds. The first-order valence-electron chi connectivity index (χ1n) is 9.10. The van der Waals surface area contributed by atoms with E-state index in [0.29, 0.717) is 28.9 Å². The van der Waals surface area contributed by atoms with Gasteiger partial charge in [-0.2, -0.15) is 0 Å². The van der Waals surface area contributed by atoms with Crippen molar-refractivity contribution >= 4 is 29.3 Å². The van der Waals surface area contributed by atoms with E-state index >= 15 is 0 Å². The monoisotopic (exact) mass is 394 g/mol. The fourth-order valence-electron chi connectivity index (χ4n) is 3.32. The first-order chi connectivity index (χ1) is 13.7. The third-order valence-electron chi connectivity index (χ3n) is 4.70. The van der Waals surface area contributed by atoms with Crippen LogP contribution in [0.2, 0.25) is 5.02 Å². The number of piperidine rings is 1. The predicted octanol–water partition coefficient (Wildman–Crippen LogP) is 3.68. The van der Waals surface area contributed by atoms with Gasteiger partial charge in [0.1, 0.15) is 0 Å². The van der Waals surface area contributed by atoms with Gasteiger partial charge in [-0.1, -0.05) is 11.6 Å². The Morgan fingerprint density at radius 3 is 2.75 bits per heavy atom. The quantitative estimate of drug-likeness (QED) is 0.726. The second-order valence-electron chi connectivity index (χ2n) is 6.62. The van der Waals surface area contributed by atoms with Crippen molar-refractivity contribution in [1.29, 1.82) is 0 Å². The highest BCUT2D eigenvalue weighted by atomic mass is 35.5. The summed E-state index contributed by atoms with van der Waals surface area (Å²) in [5.74, 6) is 1.24. The van der Waals surface area contributed by atoms with Crippen LogP contribution in [0, 0.1) is 0 Å². The molecule has 0 spiro atoms. The van der Waals surface area contributed by atoms with Gasteiger partial charge < -0.3 is 10.2 Å². The molecule has 0 radical (unpaired) electrons. The van der Waals surface area contributed by atoms with E-state index in [2.05, 4.69) is 25.3 Å². The van der Waals surface area contributed by atoms with Gasteiger partial charge >= 0.3 is 0 Å². The Kier molecular flexibility index (Phi) is 5.43. The van der Waals surface area contributed by atoms with Gasteiger partial charge in [-0.05, 0) is 43.2 Å². The van der Waals surface area contributed by atoms with E-state index in [4.69, 9.17) is 11.6 Å². The molecule has 3 aromatic rings. The average molecular weight is 395 g/mol. The SMILES string of the molecule is O=C(c1ccc(Cl)cc1)N1CCC[C@H](c2ccnc(Nc3cnccn3)n2)C1. The maximum Gasteiger partial charge on any atom is 0.253 e. The lowest BCUT2D eigenvalue weighted by Gasteiger charge is -2.32. The highest BCUT2D eigenvalue weighted by Crippen LogP contribution is 2.27. The largest absolute Gasteiger partial charge is 0.338 e. The fourth-order valence-corrected chi connectivity index (χ4v) is 3.44. The molecule has 8 heteroatoms. The van der Waals surface area contributed by atoms with Crippen LogP contribution in [-0.4, -0.2) is 43.8 Å². The van der Waals surface area contributed by atoms with E-state index in [1.165, 1.54) is 0 Å². The highest BCUT2D eigenvalue weighted by Gasteiger charge is 2.26. The smallest absolute Gasteiger partial charge is 0.253 e. The summed E-state index contributed by atoms with van der Waals surface area (Å²) in [5.41, 5.74) is 1.56. The molecule has 1 saturated heterocycles. The molecular formula is C20H19ClN6O. The lowest BCUT2D eigenvalue weighted by atomic mass is 9.94. The van der Waals surface area contributed by atoms with Crippen molar-refractivity contribution in [3.05, 3.63) is 71.4 Å². The Bertz CT molecular complexity index is 950. The number of rotatable bonds is 4. The Morgan fingerprint density at radius 2 is 1.96 bits per heavy atom. The van der Waals surface area contributed by atoms with Gasteiger partial charge in [0.05, 0.1) is 11.9 Å². The number of likely N-dealkylation sites (tertiary alicyclic amines) is 1. The Labute approximate surface area is 167 Å². The van der Waals surface area contributed by atoms with Crippen LogP contribution in [0.5, 0.6) is 0 Å². The number of halogens is 1. The lowest BCUT2D eigenvalue weighted by Crippen LogP contribution is -2.39. The van der Waals surface area contributed by atoms with Crippen molar-refractivity contribution in [3.8, 4) is 0 Å². The number of benzene rings is 1. The zero-order chi connectivity index (χ0) is 19.3. The average Bonchev–Trinajstić information content (AvgIpc) is 2.75. The van der Waals surface area contributed by atoms with E-state index in [1.807, 2.05) is 11.0 Å². The molecule has 1 aromatic carbocycles. The van der Waals surface area contributed by atoms with Crippen LogP contribution in [-0.2, 0) is 0 Å². The maximum absolute atomic E-state index is 12.8. The molecule has 0 bridgehead atoms. The van der Waals surface area contributed by atoms with Gasteiger partial charge in [0.25, 0.3) is 5.91 Å². The molecule has 7 nitrogen and oxygen atoms in total. The molecule has 142 valence electrons. The summed E-state index contributed by atoms with van der Waals surface area (Å²) in [4.78, 5) is 31.8. The van der Waals surface area contributed by atoms with Crippen molar-refractivity contribution in [1.82, 2.24) is 24.8 Å². The molecule has 0 saturated carbocycles. The van der Waals surface area contributed by atoms with Crippen molar-refractivity contribution in [3.63, 3.8) is 0 Å². The minimum atomic E-state index is 0.0216. The predicted molar refractivity (Wildman–Crippen MR) is 107 cm³/mol. The molecule has 1 aliphatic rings. The first kappa shape index (κ1) is 18.3. The second-order valence-corrected chi connectivity index (χ2v) is 7.05. The first-order valence-corrected chi connectivity index (χ1v) is 9.47. The summed E-state index contributed by atoms with van der Waals surface area (Å²) in [7, 11) is 0. The standard InChI is InChI=1S/C20H19ClN6O/c21-16-5-3-14(4-6-16)19(28)27-11-1-2-15(13-27)17-7-8-24-20(25-17)26-18-12-22-9-10-23-18/h3-10,12,15H,1-2,11,13H2,(H,23,24,25,26)/t15-/m0/s1. The molecule has 1 N–H and O–H groups in total. The number of amides is 1. The summed E-state index contributed by atoms with van der Waals surface area (Å²) in [5, 5.41) is 3.68. The fraction of sp³-hybridized carbons (Fsp3) is 0.250. The minimum absolute atomic E-state index is 0.0216. The van der Waals surface area contributed by atoms with Gasteiger partial charge in [-0.25, -0.2) is 15.0 Å². The number of nitrogens with one attached hydrogen (secondary N) is 1. The molecule has 0 aliphatic carbocycles. The summed E-state index contributed by atoms with van der Waals surface area (Å²) >= 11 is 5.92. The van der Waals surface area contributed by atoms with E-state index in [1.54, 1.807) is 49.1 Å². The van der Waals surface area contributed by atoms with Crippen molar-refractivity contribution in [2.24, 2.45) is 0 Å². The van der Waals surface area contributed by atoms with Crippen LogP contribution in [0.3, 0.4) is 0 Å². The number of anilines is 2. The van der Waals surface area contributed by atoms with Gasteiger partial charge in [-0.15, -0.1) is 0 Å². The van der Waals surface area contributed by atoms with Gasteiger partial charge in [0, 0.05) is 48.2 Å². The molecule has 1 aliphatic heterocycles. The molecule has 1 fully saturated rings. The Balaban J connectivity index is 1.48. The van der Waals surface area contributed by atoms with Crippen LogP contribution >= 0.6 is 11.6 Å². The van der Waals surface area contributed by atoms with E-state index in [0.717, 1.165) is 25.1 Å². The lowest BCUT2D eigenvalue weighted by molar-refractivity contribution is 0.0706. The third kappa shape index (κ3) is 4.26. The van der Waals surface area contributed by atoms with Gasteiger partial charge in [0.15, 0.2) is 5.82 Å². The molecule has 1 atom stereocenters. The number of hydrogen-bond acceptors (Lipinski definition) is 6. The van der Waals surface area contributed by atoms with Crippen LogP contribution in [0.4, 0.5) is 11.8 Å². The van der Waals surface area contributed by atoms with E-state index < -0.39 is 0 Å². The number of carbonyl (C=O) groups is 1. The number of carbonyl (C=O) groups excluding carboxylic acids is 1. The zero-order valence-corrected chi connectivity index (χ0v) is 15.9. The Morgan fingerprint density at radius 1 is 1.11 bits per heavy atom. The molecule has 28 heavy (non-hydrogen) atoms. The molecule has 2 aromatic heterocycles. The second kappa shape index (κ2) is 8.31. The summed E-state index contributed by atoms with van der Waals surface area (Å²) < 4.78 is 0. The normalized spacial score (nSPS) is 16.6. The van der Waals surface area contributed by atoms with Crippen molar-refractivity contribution in [2.45, 2.75) is 18.8 Å². The van der Waals surface area contributed by atoms with Crippen LogP contribution in [0.25, 0.3) is 0 Å². The summed E-state index contributed by atoms with van der Waals surface area (Å²) in [6.45, 7) is 1.37. The number of nitrogens with zero attached hydrogens (tertiary/aromatic N) is 5. The molecular weight excluding hydrogens is 376 g/mol. The van der Waals surface area contributed by atoms with E-state index in [-0.39, 0.29) is 11.8 Å². The number of aromatic nitrogens is 4. The molecule has 4 rings (SSSR count). The minimum Gasteiger partial charge on any atom is -0.338 e. The van der Waals surface area contributed by atoms with Crippen LogP contribution in [0.1, 0.15) is 34.8 Å². The number of hydrogen-bond donors (Lipinski definition) is 1. The summed E-state index contributed by atoms with van der Waals surface area (Å²) in [6, 6.07) is 8.92. The maximum atomic E-state index is 12.8. The van der Waals surface area contributed by atoms with Gasteiger partial charge in [-0.3, -0.25) is 9.78 Å². The molecule has 0 unspecified atom stereocenters. The third-order valence-corrected chi connectivity index (χ3v) is 4.95.